The highest BCUT2D eigenvalue weighted by Crippen LogP contribution is 2.21. The van der Waals surface area contributed by atoms with Gasteiger partial charge in [0, 0.05) is 30.7 Å². The highest BCUT2D eigenvalue weighted by atomic mass is 32.2. The van der Waals surface area contributed by atoms with Crippen LogP contribution in [0.4, 0.5) is 0 Å². The lowest BCUT2D eigenvalue weighted by Crippen LogP contribution is -2.55. The van der Waals surface area contributed by atoms with E-state index in [0.717, 1.165) is 22.3 Å². The minimum Gasteiger partial charge on any atom is -0.356 e. The standard InChI is InChI=1S/C30H38N4O6S/c1-6-8-15-41(38,39)33-28(35)25(7-2)32-29(36)26(34(5)30(37)24-17-20(3)16-21(4)18-24)19-22-9-11-23(12-10-22)27-13-14-31-40-27/h9-14,16-18,25-26H,6-8,15,19H2,1-5H3,(H,32,36)(H,33,35)/t25?,26-/m1/s1. The molecule has 0 aliphatic rings. The molecule has 10 nitrogen and oxygen atoms in total. The molecule has 2 N–H and O–H groups in total. The molecule has 0 saturated carbocycles. The maximum atomic E-state index is 13.7. The van der Waals surface area contributed by atoms with E-state index in [9.17, 15) is 22.8 Å². The van der Waals surface area contributed by atoms with Crippen molar-refractivity contribution in [1.82, 2.24) is 20.1 Å². The number of carbonyl (C=O) groups excluding carboxylic acids is 3. The van der Waals surface area contributed by atoms with Crippen molar-refractivity contribution < 1.29 is 27.3 Å². The zero-order valence-corrected chi connectivity index (χ0v) is 25.0. The number of nitrogens with one attached hydrogen (secondary N) is 2. The molecule has 0 radical (unpaired) electrons. The van der Waals surface area contributed by atoms with E-state index in [2.05, 4.69) is 15.2 Å². The second-order valence-electron chi connectivity index (χ2n) is 10.2. The van der Waals surface area contributed by atoms with Gasteiger partial charge in [0.2, 0.25) is 15.9 Å². The van der Waals surface area contributed by atoms with E-state index in [0.29, 0.717) is 24.2 Å². The number of carbonyl (C=O) groups is 3. The van der Waals surface area contributed by atoms with Gasteiger partial charge in [-0.25, -0.2) is 8.42 Å². The van der Waals surface area contributed by atoms with Crippen molar-refractivity contribution in [3.63, 3.8) is 0 Å². The number of likely N-dealkylation sites (N-methyl/N-ethyl adjacent to an activating group) is 1. The monoisotopic (exact) mass is 582 g/mol. The van der Waals surface area contributed by atoms with Crippen LogP contribution < -0.4 is 10.0 Å². The molecule has 2 atom stereocenters. The Hall–Kier alpha value is -3.99. The molecule has 1 heterocycles. The summed E-state index contributed by atoms with van der Waals surface area (Å²) in [4.78, 5) is 41.4. The van der Waals surface area contributed by atoms with Gasteiger partial charge in [0.05, 0.1) is 11.9 Å². The van der Waals surface area contributed by atoms with E-state index in [1.807, 2.05) is 51.1 Å². The maximum Gasteiger partial charge on any atom is 0.255 e. The van der Waals surface area contributed by atoms with Crippen LogP contribution in [0.15, 0.2) is 59.3 Å². The van der Waals surface area contributed by atoms with Crippen molar-refractivity contribution in [1.29, 1.82) is 0 Å². The minimum absolute atomic E-state index is 0.155. The Labute approximate surface area is 241 Å². The van der Waals surface area contributed by atoms with Crippen LogP contribution in [0.1, 0.15) is 60.2 Å². The summed E-state index contributed by atoms with van der Waals surface area (Å²) in [5, 5.41) is 6.40. The molecule has 3 rings (SSSR count). The average Bonchev–Trinajstić information content (AvgIpc) is 3.47. The summed E-state index contributed by atoms with van der Waals surface area (Å²) >= 11 is 0. The van der Waals surface area contributed by atoms with Crippen LogP contribution in [0, 0.1) is 13.8 Å². The Morgan fingerprint density at radius 3 is 2.20 bits per heavy atom. The summed E-state index contributed by atoms with van der Waals surface area (Å²) in [5.74, 6) is -1.32. The fourth-order valence-electron chi connectivity index (χ4n) is 4.47. The second-order valence-corrected chi connectivity index (χ2v) is 12.0. The summed E-state index contributed by atoms with van der Waals surface area (Å²) in [6.45, 7) is 7.31. The van der Waals surface area contributed by atoms with Crippen molar-refractivity contribution in [2.45, 2.75) is 65.5 Å². The molecular formula is C30H38N4O6S. The predicted octanol–water partition coefficient (Wildman–Crippen LogP) is 3.78. The molecule has 0 saturated heterocycles. The van der Waals surface area contributed by atoms with E-state index in [4.69, 9.17) is 4.52 Å². The highest BCUT2D eigenvalue weighted by molar-refractivity contribution is 7.90. The second kappa shape index (κ2) is 14.1. The number of aryl methyl sites for hydroxylation is 2. The molecule has 0 spiro atoms. The molecule has 0 aliphatic heterocycles. The SMILES string of the molecule is CCCCS(=O)(=O)NC(=O)C(CC)NC(=O)[C@@H](Cc1ccc(-c2ccno2)cc1)N(C)C(=O)c1cc(C)cc(C)c1. The molecule has 2 aromatic carbocycles. The number of amides is 3. The molecule has 220 valence electrons. The predicted molar refractivity (Wildman–Crippen MR) is 156 cm³/mol. The number of benzene rings is 2. The van der Waals surface area contributed by atoms with E-state index < -0.39 is 33.9 Å². The van der Waals surface area contributed by atoms with E-state index in [1.54, 1.807) is 38.4 Å². The van der Waals surface area contributed by atoms with Crippen molar-refractivity contribution in [2.24, 2.45) is 0 Å². The molecule has 0 fully saturated rings. The Bertz CT molecular complexity index is 1430. The maximum absolute atomic E-state index is 13.7. The first-order valence-corrected chi connectivity index (χ1v) is 15.3. The van der Waals surface area contributed by atoms with Crippen LogP contribution in [0.2, 0.25) is 0 Å². The molecule has 3 aromatic rings. The van der Waals surface area contributed by atoms with Gasteiger partial charge in [0.1, 0.15) is 12.1 Å². The molecule has 11 heteroatoms. The summed E-state index contributed by atoms with van der Waals surface area (Å²) < 4.78 is 31.9. The molecule has 0 bridgehead atoms. The summed E-state index contributed by atoms with van der Waals surface area (Å²) in [6.07, 6.45) is 2.93. The molecular weight excluding hydrogens is 544 g/mol. The van der Waals surface area contributed by atoms with E-state index in [1.165, 1.54) is 4.90 Å². The summed E-state index contributed by atoms with van der Waals surface area (Å²) in [5.41, 5.74) is 3.85. The van der Waals surface area contributed by atoms with Gasteiger partial charge >= 0.3 is 0 Å². The van der Waals surface area contributed by atoms with Crippen molar-refractivity contribution in [2.75, 3.05) is 12.8 Å². The van der Waals surface area contributed by atoms with Gasteiger partial charge in [-0.3, -0.25) is 19.1 Å². The van der Waals surface area contributed by atoms with Crippen LogP contribution in [0.25, 0.3) is 11.3 Å². The normalized spacial score (nSPS) is 12.8. The third-order valence-corrected chi connectivity index (χ3v) is 8.07. The van der Waals surface area contributed by atoms with Gasteiger partial charge in [0.15, 0.2) is 5.76 Å². The van der Waals surface area contributed by atoms with Gasteiger partial charge in [-0.1, -0.05) is 66.9 Å². The third-order valence-electron chi connectivity index (χ3n) is 6.73. The number of unbranched alkanes of at least 4 members (excludes halogenated alkanes) is 1. The van der Waals surface area contributed by atoms with Crippen LogP contribution in [0.5, 0.6) is 0 Å². The topological polar surface area (TPSA) is 139 Å². The summed E-state index contributed by atoms with van der Waals surface area (Å²) in [7, 11) is -2.28. The Morgan fingerprint density at radius 1 is 0.976 bits per heavy atom. The molecule has 0 aliphatic carbocycles. The van der Waals surface area contributed by atoms with Gasteiger partial charge in [-0.05, 0) is 44.4 Å². The van der Waals surface area contributed by atoms with Crippen LogP contribution >= 0.6 is 0 Å². The fraction of sp³-hybridized carbons (Fsp3) is 0.400. The van der Waals surface area contributed by atoms with Crippen LogP contribution in [-0.2, 0) is 26.0 Å². The lowest BCUT2D eigenvalue weighted by Gasteiger charge is -2.29. The quantitative estimate of drug-likeness (QED) is 0.313. The van der Waals surface area contributed by atoms with Gasteiger partial charge in [0.25, 0.3) is 11.8 Å². The number of nitrogens with zero attached hydrogens (tertiary/aromatic N) is 2. The number of aromatic nitrogens is 1. The third kappa shape index (κ3) is 8.75. The number of rotatable bonds is 13. The zero-order valence-electron chi connectivity index (χ0n) is 24.1. The average molecular weight is 583 g/mol. The first-order chi connectivity index (χ1) is 19.4. The van der Waals surface area contributed by atoms with Gasteiger partial charge in [-0.2, -0.15) is 0 Å². The van der Waals surface area contributed by atoms with Crippen LogP contribution in [-0.4, -0.2) is 61.1 Å². The number of hydrogen-bond donors (Lipinski definition) is 2. The van der Waals surface area contributed by atoms with Crippen molar-refractivity contribution in [3.8, 4) is 11.3 Å². The largest absolute Gasteiger partial charge is 0.356 e. The Morgan fingerprint density at radius 2 is 1.63 bits per heavy atom. The Kier molecular flexibility index (Phi) is 10.8. The lowest BCUT2D eigenvalue weighted by molar-refractivity contribution is -0.130. The first-order valence-electron chi connectivity index (χ1n) is 13.6. The van der Waals surface area contributed by atoms with Gasteiger partial charge < -0.3 is 14.7 Å². The van der Waals surface area contributed by atoms with E-state index in [-0.39, 0.29) is 24.5 Å². The summed E-state index contributed by atoms with van der Waals surface area (Å²) in [6, 6.07) is 12.5. The minimum atomic E-state index is -3.83. The fourth-order valence-corrected chi connectivity index (χ4v) is 5.69. The molecule has 41 heavy (non-hydrogen) atoms. The highest BCUT2D eigenvalue weighted by Gasteiger charge is 2.32. The first kappa shape index (κ1) is 31.5. The van der Waals surface area contributed by atoms with Crippen molar-refractivity contribution in [3.05, 3.63) is 77.0 Å². The van der Waals surface area contributed by atoms with Crippen LogP contribution in [0.3, 0.4) is 0 Å². The lowest BCUT2D eigenvalue weighted by atomic mass is 10.00. The zero-order chi connectivity index (χ0) is 30.2. The number of sulfonamides is 1. The molecule has 3 amide bonds. The smallest absolute Gasteiger partial charge is 0.255 e. The van der Waals surface area contributed by atoms with Gasteiger partial charge in [-0.15, -0.1) is 0 Å². The number of hydrogen-bond acceptors (Lipinski definition) is 7. The van der Waals surface area contributed by atoms with E-state index >= 15 is 0 Å². The molecule has 1 aromatic heterocycles. The Balaban J connectivity index is 1.86. The molecule has 1 unspecified atom stereocenters. The van der Waals surface area contributed by atoms with Crippen molar-refractivity contribution >= 4 is 27.7 Å².